The molecule has 0 heterocycles. The van der Waals surface area contributed by atoms with Gasteiger partial charge in [-0.05, 0) is 42.5 Å². The van der Waals surface area contributed by atoms with Crippen molar-refractivity contribution in [2.75, 3.05) is 4.72 Å². The number of hydrogen-bond donors (Lipinski definition) is 1. The molecule has 2 rings (SSSR count). The predicted octanol–water partition coefficient (Wildman–Crippen LogP) is 5.06. The zero-order valence-corrected chi connectivity index (χ0v) is 13.9. The van der Waals surface area contributed by atoms with Gasteiger partial charge in [-0.2, -0.15) is 13.2 Å². The van der Waals surface area contributed by atoms with Crippen molar-refractivity contribution in [2.45, 2.75) is 17.4 Å². The SMILES string of the molecule is O=S(=O)(Nc1ccc(Cl)c(C(F)(F)F)c1)c1ccc(OC(F)(F)F)cc1. The predicted molar refractivity (Wildman–Crippen MR) is 80.4 cm³/mol. The molecule has 2 aromatic carbocycles. The second-order valence-corrected chi connectivity index (χ2v) is 6.91. The van der Waals surface area contributed by atoms with Crippen LogP contribution in [0.2, 0.25) is 5.02 Å². The molecule has 4 nitrogen and oxygen atoms in total. The van der Waals surface area contributed by atoms with Gasteiger partial charge in [-0.3, -0.25) is 4.72 Å². The normalized spacial score (nSPS) is 12.7. The molecule has 1 N–H and O–H groups in total. The van der Waals surface area contributed by atoms with Crippen LogP contribution in [-0.2, 0) is 16.2 Å². The fourth-order valence-electron chi connectivity index (χ4n) is 1.84. The van der Waals surface area contributed by atoms with Crippen molar-refractivity contribution in [3.63, 3.8) is 0 Å². The molecule has 0 radical (unpaired) electrons. The molecule has 0 aromatic heterocycles. The molecule has 2 aromatic rings. The molecule has 0 atom stereocenters. The fraction of sp³-hybridized carbons (Fsp3) is 0.143. The van der Waals surface area contributed by atoms with E-state index >= 15 is 0 Å². The Labute approximate surface area is 148 Å². The molecule has 0 aliphatic rings. The van der Waals surface area contributed by atoms with Crippen molar-refractivity contribution in [3.8, 4) is 5.75 Å². The maximum absolute atomic E-state index is 12.8. The first-order chi connectivity index (χ1) is 11.8. The number of anilines is 1. The number of alkyl halides is 6. The van der Waals surface area contributed by atoms with Crippen LogP contribution in [0, 0.1) is 0 Å². The van der Waals surface area contributed by atoms with E-state index in [4.69, 9.17) is 11.6 Å². The third-order valence-electron chi connectivity index (χ3n) is 2.89. The van der Waals surface area contributed by atoms with Crippen LogP contribution in [0.5, 0.6) is 5.75 Å². The highest BCUT2D eigenvalue weighted by Gasteiger charge is 2.34. The zero-order chi connectivity index (χ0) is 19.8. The average Bonchev–Trinajstić information content (AvgIpc) is 2.47. The van der Waals surface area contributed by atoms with Gasteiger partial charge in [0.1, 0.15) is 5.75 Å². The summed E-state index contributed by atoms with van der Waals surface area (Å²) in [7, 11) is -4.35. The summed E-state index contributed by atoms with van der Waals surface area (Å²) in [4.78, 5) is -0.476. The Balaban J connectivity index is 2.26. The van der Waals surface area contributed by atoms with Crippen LogP contribution >= 0.6 is 11.6 Å². The maximum Gasteiger partial charge on any atom is 0.573 e. The Morgan fingerprint density at radius 3 is 2.00 bits per heavy atom. The molecule has 0 amide bonds. The van der Waals surface area contributed by atoms with Gasteiger partial charge < -0.3 is 4.74 Å². The minimum atomic E-state index is -4.95. The highest BCUT2D eigenvalue weighted by Crippen LogP contribution is 2.36. The van der Waals surface area contributed by atoms with Gasteiger partial charge in [0.2, 0.25) is 0 Å². The van der Waals surface area contributed by atoms with Crippen LogP contribution in [0.25, 0.3) is 0 Å². The van der Waals surface area contributed by atoms with Crippen molar-refractivity contribution in [2.24, 2.45) is 0 Å². The molecular formula is C14H8ClF6NO3S. The van der Waals surface area contributed by atoms with E-state index in [9.17, 15) is 34.8 Å². The monoisotopic (exact) mass is 419 g/mol. The second-order valence-electron chi connectivity index (χ2n) is 4.82. The number of halogens is 7. The summed E-state index contributed by atoms with van der Waals surface area (Å²) in [5, 5.41) is -0.617. The largest absolute Gasteiger partial charge is 0.573 e. The Kier molecular flexibility index (Phi) is 5.34. The molecule has 0 aliphatic carbocycles. The number of ether oxygens (including phenoxy) is 1. The van der Waals surface area contributed by atoms with Crippen molar-refractivity contribution in [1.29, 1.82) is 0 Å². The van der Waals surface area contributed by atoms with Gasteiger partial charge in [0.25, 0.3) is 10.0 Å². The van der Waals surface area contributed by atoms with Gasteiger partial charge in [-0.25, -0.2) is 8.42 Å². The van der Waals surface area contributed by atoms with Crippen molar-refractivity contribution < 1.29 is 39.5 Å². The lowest BCUT2D eigenvalue weighted by Gasteiger charge is -2.13. The van der Waals surface area contributed by atoms with E-state index in [1.54, 1.807) is 0 Å². The number of nitrogens with one attached hydrogen (secondary N) is 1. The molecule has 0 bridgehead atoms. The quantitative estimate of drug-likeness (QED) is 0.705. The van der Waals surface area contributed by atoms with Crippen molar-refractivity contribution >= 4 is 27.3 Å². The highest BCUT2D eigenvalue weighted by atomic mass is 35.5. The summed E-state index contributed by atoms with van der Waals surface area (Å²) in [6, 6.07) is 5.50. The van der Waals surface area contributed by atoms with E-state index < -0.39 is 49.5 Å². The van der Waals surface area contributed by atoms with Crippen LogP contribution in [0.4, 0.5) is 32.0 Å². The molecule has 0 saturated carbocycles. The highest BCUT2D eigenvalue weighted by molar-refractivity contribution is 7.92. The molecule has 142 valence electrons. The van der Waals surface area contributed by atoms with Crippen molar-refractivity contribution in [3.05, 3.63) is 53.1 Å². The first-order valence-corrected chi connectivity index (χ1v) is 8.39. The topological polar surface area (TPSA) is 55.4 Å². The van der Waals surface area contributed by atoms with Crippen molar-refractivity contribution in [1.82, 2.24) is 0 Å². The lowest BCUT2D eigenvalue weighted by Crippen LogP contribution is -2.17. The Hall–Kier alpha value is -2.14. The summed E-state index contributed by atoms with van der Waals surface area (Å²) in [6.45, 7) is 0. The molecule has 0 aliphatic heterocycles. The second kappa shape index (κ2) is 6.88. The molecule has 0 fully saturated rings. The lowest BCUT2D eigenvalue weighted by atomic mass is 10.2. The van der Waals surface area contributed by atoms with E-state index in [0.29, 0.717) is 6.07 Å². The zero-order valence-electron chi connectivity index (χ0n) is 12.3. The summed E-state index contributed by atoms with van der Waals surface area (Å²) in [5.41, 5.74) is -1.66. The summed E-state index contributed by atoms with van der Waals surface area (Å²) < 4.78 is 104. The van der Waals surface area contributed by atoms with Gasteiger partial charge in [-0.1, -0.05) is 11.6 Å². The Morgan fingerprint density at radius 1 is 0.923 bits per heavy atom. The number of rotatable bonds is 4. The van der Waals surface area contributed by atoms with E-state index in [1.807, 2.05) is 4.72 Å². The van der Waals surface area contributed by atoms with E-state index in [0.717, 1.165) is 36.4 Å². The minimum Gasteiger partial charge on any atom is -0.406 e. The van der Waals surface area contributed by atoms with Gasteiger partial charge in [0.15, 0.2) is 0 Å². The average molecular weight is 420 g/mol. The third kappa shape index (κ3) is 5.18. The fourth-order valence-corrected chi connectivity index (χ4v) is 3.11. The smallest absolute Gasteiger partial charge is 0.406 e. The van der Waals surface area contributed by atoms with Crippen LogP contribution < -0.4 is 9.46 Å². The van der Waals surface area contributed by atoms with Crippen LogP contribution in [-0.4, -0.2) is 14.8 Å². The van der Waals surface area contributed by atoms with Gasteiger partial charge >= 0.3 is 12.5 Å². The maximum atomic E-state index is 12.8. The van der Waals surface area contributed by atoms with Gasteiger partial charge in [0, 0.05) is 5.69 Å². The van der Waals surface area contributed by atoms with Gasteiger partial charge in [-0.15, -0.1) is 13.2 Å². The summed E-state index contributed by atoms with van der Waals surface area (Å²) in [6.07, 6.45) is -9.74. The molecule has 0 spiro atoms. The number of sulfonamides is 1. The number of hydrogen-bond acceptors (Lipinski definition) is 3. The molecule has 26 heavy (non-hydrogen) atoms. The minimum absolute atomic E-state index is 0.419. The number of benzene rings is 2. The van der Waals surface area contributed by atoms with E-state index in [-0.39, 0.29) is 0 Å². The Morgan fingerprint density at radius 2 is 1.50 bits per heavy atom. The molecule has 12 heteroatoms. The molecular weight excluding hydrogens is 412 g/mol. The lowest BCUT2D eigenvalue weighted by molar-refractivity contribution is -0.274. The first-order valence-electron chi connectivity index (χ1n) is 6.53. The van der Waals surface area contributed by atoms with E-state index in [2.05, 4.69) is 4.74 Å². The first kappa shape index (κ1) is 20.2. The standard InChI is InChI=1S/C14H8ClF6NO3S/c15-12-6-1-8(7-11(12)13(16,17)18)22-26(23,24)10-4-2-9(3-5-10)25-14(19,20)21/h1-7,22H. The molecule has 0 unspecified atom stereocenters. The summed E-state index contributed by atoms with van der Waals surface area (Å²) >= 11 is 5.44. The van der Waals surface area contributed by atoms with Gasteiger partial charge in [0.05, 0.1) is 15.5 Å². The van der Waals surface area contributed by atoms with Crippen LogP contribution in [0.3, 0.4) is 0 Å². The van der Waals surface area contributed by atoms with Crippen LogP contribution in [0.15, 0.2) is 47.4 Å². The van der Waals surface area contributed by atoms with Crippen LogP contribution in [0.1, 0.15) is 5.56 Å². The molecule has 0 saturated heterocycles. The third-order valence-corrected chi connectivity index (χ3v) is 4.62. The Bertz CT molecular complexity index is 894. The van der Waals surface area contributed by atoms with E-state index in [1.165, 1.54) is 0 Å². The summed E-state index contributed by atoms with van der Waals surface area (Å²) in [5.74, 6) is -0.651.